The third-order valence-corrected chi connectivity index (χ3v) is 4.55. The fourth-order valence-corrected chi connectivity index (χ4v) is 2.94. The van der Waals surface area contributed by atoms with Crippen LogP contribution in [0.3, 0.4) is 0 Å². The van der Waals surface area contributed by atoms with Gasteiger partial charge in [-0.05, 0) is 37.8 Å². The zero-order valence-electron chi connectivity index (χ0n) is 13.1. The first kappa shape index (κ1) is 20.7. The number of unbranched alkanes of at least 4 members (excludes halogenated alkanes) is 2. The Kier molecular flexibility index (Phi) is 8.46. The predicted molar refractivity (Wildman–Crippen MR) is 88.7 cm³/mol. The van der Waals surface area contributed by atoms with Gasteiger partial charge in [0.25, 0.3) is 20.2 Å². The lowest BCUT2D eigenvalue weighted by molar-refractivity contribution is 0.294. The zero-order valence-corrected chi connectivity index (χ0v) is 14.8. The molecule has 0 saturated carbocycles. The Morgan fingerprint density at radius 2 is 1.17 bits per heavy atom. The van der Waals surface area contributed by atoms with Crippen LogP contribution in [0.2, 0.25) is 0 Å². The van der Waals surface area contributed by atoms with Gasteiger partial charge in [-0.3, -0.25) is 9.11 Å². The van der Waals surface area contributed by atoms with Gasteiger partial charge in [0.15, 0.2) is 0 Å². The SMILES string of the molecule is O=S(=O)(O)CCCCOc1cccc(OCCCCS(=O)(=O)O)c1. The first-order valence-corrected chi connectivity index (χ1v) is 10.6. The van der Waals surface area contributed by atoms with E-state index >= 15 is 0 Å². The van der Waals surface area contributed by atoms with E-state index in [1.54, 1.807) is 24.3 Å². The highest BCUT2D eigenvalue weighted by Gasteiger charge is 2.05. The van der Waals surface area contributed by atoms with Crippen molar-refractivity contribution in [2.24, 2.45) is 0 Å². The summed E-state index contributed by atoms with van der Waals surface area (Å²) in [5.41, 5.74) is 0. The van der Waals surface area contributed by atoms with Crippen LogP contribution in [0.25, 0.3) is 0 Å². The largest absolute Gasteiger partial charge is 0.493 e. The monoisotopic (exact) mass is 382 g/mol. The normalized spacial score (nSPS) is 12.1. The molecule has 0 heterocycles. The molecule has 1 aromatic rings. The van der Waals surface area contributed by atoms with Crippen LogP contribution in [0.1, 0.15) is 25.7 Å². The second kappa shape index (κ2) is 9.82. The van der Waals surface area contributed by atoms with Crippen molar-refractivity contribution in [1.29, 1.82) is 0 Å². The molecule has 0 aliphatic rings. The van der Waals surface area contributed by atoms with Crippen LogP contribution in [-0.2, 0) is 20.2 Å². The highest BCUT2D eigenvalue weighted by atomic mass is 32.2. The van der Waals surface area contributed by atoms with Gasteiger partial charge in [0.05, 0.1) is 24.7 Å². The molecule has 1 aromatic carbocycles. The highest BCUT2D eigenvalue weighted by molar-refractivity contribution is 7.86. The number of rotatable bonds is 12. The van der Waals surface area contributed by atoms with E-state index in [1.807, 2.05) is 0 Å². The molecular weight excluding hydrogens is 360 g/mol. The Morgan fingerprint density at radius 3 is 1.54 bits per heavy atom. The number of benzene rings is 1. The summed E-state index contributed by atoms with van der Waals surface area (Å²) in [6.07, 6.45) is 1.59. The molecule has 0 aliphatic heterocycles. The third-order valence-electron chi connectivity index (χ3n) is 2.94. The average molecular weight is 382 g/mol. The molecule has 0 atom stereocenters. The van der Waals surface area contributed by atoms with E-state index in [0.29, 0.717) is 50.4 Å². The van der Waals surface area contributed by atoms with Crippen LogP contribution in [0.5, 0.6) is 11.5 Å². The van der Waals surface area contributed by atoms with Crippen LogP contribution in [0.15, 0.2) is 24.3 Å². The van der Waals surface area contributed by atoms with E-state index in [1.165, 1.54) is 0 Å². The minimum atomic E-state index is -3.93. The lowest BCUT2D eigenvalue weighted by Gasteiger charge is -2.09. The van der Waals surface area contributed by atoms with Gasteiger partial charge in [-0.25, -0.2) is 0 Å². The first-order chi connectivity index (χ1) is 11.2. The summed E-state index contributed by atoms with van der Waals surface area (Å²) < 4.78 is 70.4. The first-order valence-electron chi connectivity index (χ1n) is 7.42. The van der Waals surface area contributed by atoms with Crippen LogP contribution >= 0.6 is 0 Å². The Bertz CT molecular complexity index is 640. The van der Waals surface area contributed by atoms with Crippen LogP contribution in [0, 0.1) is 0 Å². The topological polar surface area (TPSA) is 127 Å². The van der Waals surface area contributed by atoms with E-state index in [2.05, 4.69) is 0 Å². The summed E-state index contributed by atoms with van der Waals surface area (Å²) in [5.74, 6) is 0.557. The molecule has 2 N–H and O–H groups in total. The maximum atomic E-state index is 10.6. The van der Waals surface area contributed by atoms with Gasteiger partial charge in [0.2, 0.25) is 0 Å². The molecule has 0 bridgehead atoms. The van der Waals surface area contributed by atoms with Gasteiger partial charge in [-0.1, -0.05) is 6.07 Å². The standard InChI is InChI=1S/C14H22O8S2/c15-23(16,17)10-3-1-8-21-13-6-5-7-14(12-13)22-9-2-4-11-24(18,19)20/h5-7,12H,1-4,8-11H2,(H,15,16,17)(H,18,19,20). The lowest BCUT2D eigenvalue weighted by Crippen LogP contribution is -2.06. The van der Waals surface area contributed by atoms with Crippen molar-refractivity contribution in [3.05, 3.63) is 24.3 Å². The summed E-state index contributed by atoms with van der Waals surface area (Å²) >= 11 is 0. The van der Waals surface area contributed by atoms with Gasteiger partial charge in [-0.15, -0.1) is 0 Å². The number of ether oxygens (including phenoxy) is 2. The van der Waals surface area contributed by atoms with Crippen LogP contribution in [-0.4, -0.2) is 50.7 Å². The zero-order chi connectivity index (χ0) is 18.1. The molecule has 10 heteroatoms. The molecule has 0 amide bonds. The van der Waals surface area contributed by atoms with Gasteiger partial charge in [0.1, 0.15) is 11.5 Å². The molecule has 138 valence electrons. The maximum absolute atomic E-state index is 10.6. The molecule has 0 aliphatic carbocycles. The summed E-state index contributed by atoms with van der Waals surface area (Å²) in [4.78, 5) is 0. The van der Waals surface area contributed by atoms with E-state index in [-0.39, 0.29) is 11.5 Å². The van der Waals surface area contributed by atoms with E-state index < -0.39 is 20.2 Å². The van der Waals surface area contributed by atoms with E-state index in [9.17, 15) is 16.8 Å². The Hall–Kier alpha value is -1.36. The van der Waals surface area contributed by atoms with Crippen molar-refractivity contribution >= 4 is 20.2 Å². The molecule has 0 fully saturated rings. The molecule has 1 rings (SSSR count). The van der Waals surface area contributed by atoms with Gasteiger partial charge in [0, 0.05) is 6.07 Å². The van der Waals surface area contributed by atoms with Crippen molar-refractivity contribution in [1.82, 2.24) is 0 Å². The lowest BCUT2D eigenvalue weighted by atomic mass is 10.3. The van der Waals surface area contributed by atoms with Gasteiger partial charge < -0.3 is 9.47 Å². The van der Waals surface area contributed by atoms with Crippen molar-refractivity contribution < 1.29 is 35.4 Å². The number of hydrogen-bond acceptors (Lipinski definition) is 6. The molecule has 24 heavy (non-hydrogen) atoms. The van der Waals surface area contributed by atoms with E-state index in [0.717, 1.165) is 0 Å². The minimum Gasteiger partial charge on any atom is -0.493 e. The summed E-state index contributed by atoms with van der Waals surface area (Å²) in [6.45, 7) is 0.626. The third kappa shape index (κ3) is 11.2. The van der Waals surface area contributed by atoms with Crippen LogP contribution < -0.4 is 9.47 Å². The molecule has 0 radical (unpaired) electrons. The Morgan fingerprint density at radius 1 is 0.750 bits per heavy atom. The van der Waals surface area contributed by atoms with Crippen molar-refractivity contribution in [2.45, 2.75) is 25.7 Å². The average Bonchev–Trinajstić information content (AvgIpc) is 2.44. The smallest absolute Gasteiger partial charge is 0.264 e. The minimum absolute atomic E-state index is 0.289. The summed E-state index contributed by atoms with van der Waals surface area (Å²) in [5, 5.41) is 0. The second-order valence-corrected chi connectivity index (χ2v) is 8.30. The van der Waals surface area contributed by atoms with Crippen molar-refractivity contribution in [3.63, 3.8) is 0 Å². The van der Waals surface area contributed by atoms with Gasteiger partial charge in [-0.2, -0.15) is 16.8 Å². The fraction of sp³-hybridized carbons (Fsp3) is 0.571. The Labute approximate surface area is 142 Å². The molecular formula is C14H22O8S2. The van der Waals surface area contributed by atoms with Crippen molar-refractivity contribution in [2.75, 3.05) is 24.7 Å². The molecule has 0 saturated heterocycles. The summed E-state index contributed by atoms with van der Waals surface area (Å²) in [6, 6.07) is 6.87. The second-order valence-electron chi connectivity index (χ2n) is 5.16. The molecule has 0 unspecified atom stereocenters. The maximum Gasteiger partial charge on any atom is 0.264 e. The quantitative estimate of drug-likeness (QED) is 0.414. The van der Waals surface area contributed by atoms with Crippen molar-refractivity contribution in [3.8, 4) is 11.5 Å². The molecule has 0 aromatic heterocycles. The van der Waals surface area contributed by atoms with Crippen LogP contribution in [0.4, 0.5) is 0 Å². The fourth-order valence-electron chi connectivity index (χ4n) is 1.81. The Balaban J connectivity index is 2.26. The van der Waals surface area contributed by atoms with Gasteiger partial charge >= 0.3 is 0 Å². The van der Waals surface area contributed by atoms with E-state index in [4.69, 9.17) is 18.6 Å². The summed E-state index contributed by atoms with van der Waals surface area (Å²) in [7, 11) is -7.86. The molecule has 8 nitrogen and oxygen atoms in total. The highest BCUT2D eigenvalue weighted by Crippen LogP contribution is 2.20. The number of hydrogen-bond donors (Lipinski definition) is 2. The predicted octanol–water partition coefficient (Wildman–Crippen LogP) is 1.78. The molecule has 0 spiro atoms.